The number of aliphatic imine (C=N–C) groups is 1. The van der Waals surface area contributed by atoms with Gasteiger partial charge in [-0.1, -0.05) is 145 Å². The first kappa shape index (κ1) is 95.8. The van der Waals surface area contributed by atoms with E-state index in [1.165, 1.54) is 26.2 Å². The van der Waals surface area contributed by atoms with Crippen LogP contribution in [0.1, 0.15) is 101 Å². The molecule has 7 aromatic rings. The highest BCUT2D eigenvalue weighted by molar-refractivity contribution is 6.50. The molecule has 0 radical (unpaired) electrons. The van der Waals surface area contributed by atoms with Gasteiger partial charge in [0.25, 0.3) is 40.9 Å². The van der Waals surface area contributed by atoms with E-state index < -0.39 is 76.9 Å². The van der Waals surface area contributed by atoms with E-state index in [0.29, 0.717) is 170 Å². The van der Waals surface area contributed by atoms with Crippen molar-refractivity contribution in [3.63, 3.8) is 0 Å². The summed E-state index contributed by atoms with van der Waals surface area (Å²) in [6, 6.07) is 44.7. The first-order valence-corrected chi connectivity index (χ1v) is 43.6. The van der Waals surface area contributed by atoms with Crippen molar-refractivity contribution in [1.82, 2.24) is 34.3 Å². The summed E-state index contributed by atoms with van der Waals surface area (Å²) in [5, 5.41) is 44.4. The van der Waals surface area contributed by atoms with E-state index in [9.17, 15) is 63.6 Å². The summed E-state index contributed by atoms with van der Waals surface area (Å²) in [5.41, 5.74) is 7.78. The van der Waals surface area contributed by atoms with Gasteiger partial charge in [-0.05, 0) is 110 Å². The number of hydrogen-bond acceptors (Lipinski definition) is 27. The Labute approximate surface area is 765 Å². The highest BCUT2D eigenvalue weighted by Crippen LogP contribution is 2.47. The number of hydrogen-bond donors (Lipinski definition) is 4. The van der Waals surface area contributed by atoms with E-state index in [2.05, 4.69) is 19.7 Å². The lowest BCUT2D eigenvalue weighted by molar-refractivity contribution is -0.140. The Bertz CT molecular complexity index is 5720. The lowest BCUT2D eigenvalue weighted by Crippen LogP contribution is -2.42. The molecule has 31 heteroatoms. The first-order valence-electron chi connectivity index (χ1n) is 43.6. The number of amides is 4. The van der Waals surface area contributed by atoms with Crippen molar-refractivity contribution >= 4 is 75.8 Å². The van der Waals surface area contributed by atoms with E-state index in [-0.39, 0.29) is 64.2 Å². The van der Waals surface area contributed by atoms with Crippen LogP contribution in [-0.2, 0) is 62.1 Å². The maximum Gasteiger partial charge on any atom is 0.336 e. The number of rotatable bonds is 25. The van der Waals surface area contributed by atoms with Gasteiger partial charge in [0.1, 0.15) is 40.4 Å². The normalized spacial score (nSPS) is 21.0. The highest BCUT2D eigenvalue weighted by Gasteiger charge is 2.52. The Morgan fingerprint density at radius 1 is 0.402 bits per heavy atom. The van der Waals surface area contributed by atoms with Crippen LogP contribution in [0.2, 0.25) is 0 Å². The number of carbonyl (C=O) groups excluding carboxylic acids is 9. The minimum Gasteiger partial charge on any atom is -0.507 e. The molecule has 4 unspecified atom stereocenters. The van der Waals surface area contributed by atoms with Crippen LogP contribution in [0.3, 0.4) is 0 Å². The second kappa shape index (κ2) is 44.2. The predicted molar refractivity (Wildman–Crippen MR) is 490 cm³/mol. The molecule has 7 aromatic carbocycles. The van der Waals surface area contributed by atoms with E-state index in [1.54, 1.807) is 183 Å². The molecule has 692 valence electrons. The summed E-state index contributed by atoms with van der Waals surface area (Å²) >= 11 is 0. The van der Waals surface area contributed by atoms with Crippen LogP contribution >= 0.6 is 0 Å². The number of nitrogens with zero attached hydrogens (tertiary/aromatic N) is 8. The number of aryl methyl sites for hydroxylation is 2. The lowest BCUT2D eigenvalue weighted by Gasteiger charge is -2.31. The Morgan fingerprint density at radius 2 is 0.758 bits per heavy atom. The molecule has 0 bridgehead atoms. The first-order chi connectivity index (χ1) is 63.8. The molecule has 4 amide bonds. The number of methoxy groups -OCH3 is 6. The minimum atomic E-state index is -0.931. The van der Waals surface area contributed by atoms with Crippen LogP contribution < -0.4 is 28.4 Å². The Hall–Kier alpha value is -13.8. The molecule has 7 saturated heterocycles. The van der Waals surface area contributed by atoms with Gasteiger partial charge in [0.2, 0.25) is 0 Å². The average molecular weight is 1800 g/mol. The zero-order chi connectivity index (χ0) is 94.0. The smallest absolute Gasteiger partial charge is 0.336 e. The maximum atomic E-state index is 13.2. The molecule has 4 atom stereocenters. The van der Waals surface area contributed by atoms with Crippen LogP contribution in [0.15, 0.2) is 232 Å². The van der Waals surface area contributed by atoms with Gasteiger partial charge in [-0.15, -0.1) is 0 Å². The summed E-state index contributed by atoms with van der Waals surface area (Å²) in [5.74, 6) is -3.18. The van der Waals surface area contributed by atoms with Crippen LogP contribution in [0.4, 0.5) is 0 Å². The average Bonchev–Trinajstić information content (AvgIpc) is 1.59. The van der Waals surface area contributed by atoms with Gasteiger partial charge in [0, 0.05) is 102 Å². The van der Waals surface area contributed by atoms with Crippen molar-refractivity contribution in [1.29, 1.82) is 0 Å². The van der Waals surface area contributed by atoms with Crippen molar-refractivity contribution in [2.75, 3.05) is 167 Å². The SMILES string of the molecule is CCOC(=O)C1=C(C)N=C(N2C(=O)C(=O)C(=C(O)c3ccccc3)C2c2ccc(OC)cc2)C1.COc1ccc(C2C(=C(O)C3=CC=CC3)C(=O)C(=O)N2CCN2CCOCC2)cc1OC.COc1ccc(C2C(=C(O)c3ccc(C)cc3)C(=O)C(=O)N2CCN2CCOCC2)cc1.COc1ccc(C2C(=C(O)c3ccc(C)cc3)C(=O)C(=O)N2CCN2CCOCC2)cc1OC. The van der Waals surface area contributed by atoms with Crippen molar-refractivity contribution < 1.29 is 111 Å². The molecule has 1 aliphatic carbocycles. The molecule has 31 nitrogen and oxygen atoms in total. The number of benzene rings is 7. The Balaban J connectivity index is 0.000000150. The van der Waals surface area contributed by atoms with E-state index >= 15 is 0 Å². The number of ether oxygens (including phenoxy) is 10. The van der Waals surface area contributed by atoms with Crippen molar-refractivity contribution in [3.05, 3.63) is 277 Å². The molecule has 16 rings (SSSR count). The summed E-state index contributed by atoms with van der Waals surface area (Å²) < 4.78 is 53.4. The second-order valence-electron chi connectivity index (χ2n) is 32.2. The number of aliphatic hydroxyl groups excluding tert-OH is 4. The molecule has 9 aliphatic rings. The number of esters is 1. The summed E-state index contributed by atoms with van der Waals surface area (Å²) in [6.45, 7) is 19.0. The van der Waals surface area contributed by atoms with Crippen molar-refractivity contribution in [2.24, 2.45) is 4.99 Å². The summed E-state index contributed by atoms with van der Waals surface area (Å²) in [7, 11) is 9.28. The van der Waals surface area contributed by atoms with Gasteiger partial charge < -0.3 is 82.5 Å². The van der Waals surface area contributed by atoms with Gasteiger partial charge in [0.05, 0.1) is 147 Å². The second-order valence-corrected chi connectivity index (χ2v) is 32.2. The van der Waals surface area contributed by atoms with E-state index in [1.807, 2.05) is 62.4 Å². The number of Topliss-reactive ketones (excluding diaryl/α,β-unsaturated/α-hetero) is 4. The molecular formula is C101H110N8O23. The summed E-state index contributed by atoms with van der Waals surface area (Å²) in [4.78, 5) is 134. The van der Waals surface area contributed by atoms with Crippen molar-refractivity contribution in [3.8, 4) is 34.5 Å². The Morgan fingerprint density at radius 3 is 1.13 bits per heavy atom. The van der Waals surface area contributed by atoms with Gasteiger partial charge in [-0.2, -0.15) is 0 Å². The van der Waals surface area contributed by atoms with Crippen LogP contribution in [0.25, 0.3) is 17.3 Å². The van der Waals surface area contributed by atoms with Gasteiger partial charge in [0.15, 0.2) is 23.0 Å². The third-order valence-electron chi connectivity index (χ3n) is 24.3. The molecule has 7 fully saturated rings. The quantitative estimate of drug-likeness (QED) is 0.0179. The standard InChI is InChI=1S/C26H30N2O6.C26H24N2O6.C25H28N2O5.C24H28N2O6/c1-17-4-6-18(7-5-17)24(29)22-23(19-8-9-20(32-2)21(16-19)33-3)28(26(31)25(22)30)11-10-27-12-14-34-15-13-27;1-4-34-26(32)19-14-20(27-15(19)2)28-22(16-10-12-18(33-3)13-11-16)21(24(30)25(28)31)23(29)17-8-6-5-7-9-17;1-17-3-5-19(6-4-17)23(28)21-22(18-7-9-20(31-2)10-8-18)27(25(30)24(21)29)12-11-26-13-15-32-16-14-26;1-30-18-8-7-17(15-19(18)31-2)21-20(22(27)16-5-3-4-6-16)23(28)24(29)26(21)10-9-25-11-13-32-14-12-25/h4-9,16,23,29H,10-15H2,1-3H3;5-13,22,29H,4,14H2,1-3H3;3-10,22,28H,11-16H2,1-2H3;3-5,7-8,15,21,27H,6,9-14H2,1-2H3. The van der Waals surface area contributed by atoms with Crippen LogP contribution in [0.5, 0.6) is 34.5 Å². The lowest BCUT2D eigenvalue weighted by atomic mass is 9.94. The molecule has 0 aromatic heterocycles. The predicted octanol–water partition coefficient (Wildman–Crippen LogP) is 11.5. The topological polar surface area (TPSA) is 362 Å². The molecule has 0 spiro atoms. The van der Waals surface area contributed by atoms with E-state index in [0.717, 1.165) is 56.0 Å². The number of aliphatic hydroxyl groups is 4. The van der Waals surface area contributed by atoms with Gasteiger partial charge in [-0.3, -0.25) is 58.0 Å². The fraction of sp³-hybridized carbons (Fsp3) is 0.347. The molecule has 0 saturated carbocycles. The van der Waals surface area contributed by atoms with Crippen LogP contribution in [0, 0.1) is 13.8 Å². The zero-order valence-corrected chi connectivity index (χ0v) is 75.6. The third-order valence-corrected chi connectivity index (χ3v) is 24.3. The Kier molecular flexibility index (Phi) is 32.1. The van der Waals surface area contributed by atoms with Crippen molar-refractivity contribution in [2.45, 2.75) is 64.7 Å². The maximum absolute atomic E-state index is 13.2. The number of morpholine rings is 3. The largest absolute Gasteiger partial charge is 0.507 e. The number of amidine groups is 1. The number of ketones is 4. The summed E-state index contributed by atoms with van der Waals surface area (Å²) in [6.07, 6.45) is 6.05. The molecule has 4 N–H and O–H groups in total. The fourth-order valence-corrected chi connectivity index (χ4v) is 17.1. The monoisotopic (exact) mass is 1800 g/mol. The molecular weight excluding hydrogens is 1690 g/mol. The molecule has 132 heavy (non-hydrogen) atoms. The molecule has 8 heterocycles. The number of allylic oxidation sites excluding steroid dienone is 5. The minimum absolute atomic E-state index is 0.0374. The number of carbonyl (C=O) groups is 9. The number of likely N-dealkylation sites (tertiary alicyclic amines) is 4. The van der Waals surface area contributed by atoms with Gasteiger partial charge in [-0.25, -0.2) is 9.79 Å². The highest BCUT2D eigenvalue weighted by atomic mass is 16.5. The third kappa shape index (κ3) is 21.3. The van der Waals surface area contributed by atoms with Gasteiger partial charge >= 0.3 is 11.9 Å². The van der Waals surface area contributed by atoms with Crippen LogP contribution in [-0.4, -0.2) is 281 Å². The zero-order valence-electron chi connectivity index (χ0n) is 75.6. The van der Waals surface area contributed by atoms with E-state index in [4.69, 9.17) is 47.4 Å². The molecule has 8 aliphatic heterocycles. The fourth-order valence-electron chi connectivity index (χ4n) is 17.1.